The van der Waals surface area contributed by atoms with Gasteiger partial charge in [-0.3, -0.25) is 4.79 Å². The minimum Gasteiger partial charge on any atom is -0.464 e. The van der Waals surface area contributed by atoms with Gasteiger partial charge in [0.15, 0.2) is 0 Å². The van der Waals surface area contributed by atoms with Gasteiger partial charge in [0, 0.05) is 5.92 Å². The summed E-state index contributed by atoms with van der Waals surface area (Å²) in [5.41, 5.74) is -0.972. The smallest absolute Gasteiger partial charge is 0.332 e. The van der Waals surface area contributed by atoms with E-state index in [0.29, 0.717) is 12.8 Å². The van der Waals surface area contributed by atoms with Crippen LogP contribution in [0.3, 0.4) is 0 Å². The highest BCUT2D eigenvalue weighted by Crippen LogP contribution is 2.38. The van der Waals surface area contributed by atoms with E-state index in [0.717, 1.165) is 0 Å². The number of hydrogen-bond acceptors (Lipinski definition) is 3. The maximum Gasteiger partial charge on any atom is 0.332 e. The first-order valence-electron chi connectivity index (χ1n) is 6.06. The van der Waals surface area contributed by atoms with Gasteiger partial charge >= 0.3 is 5.97 Å². The summed E-state index contributed by atoms with van der Waals surface area (Å²) in [6.45, 7) is 7.60. The molecule has 0 aromatic heterocycles. The Hall–Kier alpha value is -1.76. The molecule has 1 heterocycles. The molecule has 4 nitrogen and oxygen atoms in total. The fraction of sp³-hybridized carbons (Fsp3) is 0.571. The maximum atomic E-state index is 12.2. The van der Waals surface area contributed by atoms with Crippen molar-refractivity contribution in [1.82, 2.24) is 4.90 Å². The van der Waals surface area contributed by atoms with Gasteiger partial charge in [-0.25, -0.2) is 4.79 Å². The van der Waals surface area contributed by atoms with E-state index in [2.05, 4.69) is 12.5 Å². The Morgan fingerprint density at radius 2 is 2.44 bits per heavy atom. The quantitative estimate of drug-likeness (QED) is 0.420. The summed E-state index contributed by atoms with van der Waals surface area (Å²) in [5.74, 6) is 1.73. The molecule has 1 saturated heterocycles. The van der Waals surface area contributed by atoms with Gasteiger partial charge in [-0.05, 0) is 19.8 Å². The summed E-state index contributed by atoms with van der Waals surface area (Å²) >= 11 is 0. The van der Waals surface area contributed by atoms with Crippen molar-refractivity contribution in [3.63, 3.8) is 0 Å². The van der Waals surface area contributed by atoms with Crippen LogP contribution in [-0.2, 0) is 14.3 Å². The van der Waals surface area contributed by atoms with Gasteiger partial charge in [-0.1, -0.05) is 18.9 Å². The van der Waals surface area contributed by atoms with Gasteiger partial charge in [0.05, 0.1) is 13.2 Å². The number of ether oxygens (including phenoxy) is 1. The number of carbonyl (C=O) groups is 2. The largest absolute Gasteiger partial charge is 0.464 e. The highest BCUT2D eigenvalue weighted by Gasteiger charge is 2.54. The standard InChI is InChI=1S/C14H19NO3/c1-5-8-14(13(17)18-7-3)10-11(4)12(16)15(14)9-6-2/h2,5,11H,1,7-10H2,3-4H3/t11?,14-/m0/s1. The molecule has 1 fully saturated rings. The van der Waals surface area contributed by atoms with E-state index < -0.39 is 11.5 Å². The van der Waals surface area contributed by atoms with Gasteiger partial charge in [0.2, 0.25) is 5.91 Å². The Bertz CT molecular complexity index is 396. The predicted molar refractivity (Wildman–Crippen MR) is 68.5 cm³/mol. The number of nitrogens with zero attached hydrogens (tertiary/aromatic N) is 1. The van der Waals surface area contributed by atoms with Crippen molar-refractivity contribution in [2.75, 3.05) is 13.2 Å². The van der Waals surface area contributed by atoms with Crippen molar-refractivity contribution in [1.29, 1.82) is 0 Å². The van der Waals surface area contributed by atoms with Gasteiger partial charge in [-0.15, -0.1) is 13.0 Å². The molecule has 18 heavy (non-hydrogen) atoms. The van der Waals surface area contributed by atoms with Crippen LogP contribution in [0.5, 0.6) is 0 Å². The Kier molecular flexibility index (Phi) is 4.55. The lowest BCUT2D eigenvalue weighted by Crippen LogP contribution is -2.52. The molecule has 0 aliphatic carbocycles. The average Bonchev–Trinajstić information content (AvgIpc) is 2.56. The van der Waals surface area contributed by atoms with Crippen LogP contribution in [0.1, 0.15) is 26.7 Å². The number of carbonyl (C=O) groups excluding carboxylic acids is 2. The van der Waals surface area contributed by atoms with Crippen LogP contribution < -0.4 is 0 Å². The molecule has 0 spiro atoms. The molecule has 1 rings (SSSR count). The predicted octanol–water partition coefficient (Wildman–Crippen LogP) is 1.37. The lowest BCUT2D eigenvalue weighted by atomic mass is 9.89. The second-order valence-electron chi connectivity index (χ2n) is 4.48. The molecule has 1 unspecified atom stereocenters. The molecule has 0 aromatic rings. The Morgan fingerprint density at radius 1 is 1.78 bits per heavy atom. The number of esters is 1. The lowest BCUT2D eigenvalue weighted by molar-refractivity contribution is -0.159. The summed E-state index contributed by atoms with van der Waals surface area (Å²) in [6.07, 6.45) is 7.71. The van der Waals surface area contributed by atoms with Crippen molar-refractivity contribution >= 4 is 11.9 Å². The van der Waals surface area contributed by atoms with Crippen molar-refractivity contribution in [2.45, 2.75) is 32.2 Å². The summed E-state index contributed by atoms with van der Waals surface area (Å²) in [5, 5.41) is 0. The van der Waals surface area contributed by atoms with Crippen LogP contribution in [0.4, 0.5) is 0 Å². The molecule has 1 amide bonds. The molecular weight excluding hydrogens is 230 g/mol. The molecule has 4 heteroatoms. The molecule has 98 valence electrons. The highest BCUT2D eigenvalue weighted by atomic mass is 16.5. The molecule has 1 aliphatic heterocycles. The zero-order chi connectivity index (χ0) is 13.8. The van der Waals surface area contributed by atoms with Crippen LogP contribution >= 0.6 is 0 Å². The molecule has 0 bridgehead atoms. The third-order valence-electron chi connectivity index (χ3n) is 3.23. The summed E-state index contributed by atoms with van der Waals surface area (Å²) < 4.78 is 5.11. The Morgan fingerprint density at radius 3 is 2.94 bits per heavy atom. The van der Waals surface area contributed by atoms with E-state index in [-0.39, 0.29) is 25.0 Å². The first kappa shape index (κ1) is 14.3. The van der Waals surface area contributed by atoms with E-state index in [1.165, 1.54) is 4.90 Å². The van der Waals surface area contributed by atoms with E-state index in [1.807, 2.05) is 0 Å². The van der Waals surface area contributed by atoms with E-state index in [1.54, 1.807) is 19.9 Å². The maximum absolute atomic E-state index is 12.2. The minimum absolute atomic E-state index is 0.0946. The van der Waals surface area contributed by atoms with Gasteiger partial charge in [0.25, 0.3) is 0 Å². The van der Waals surface area contributed by atoms with Crippen molar-refractivity contribution in [3.8, 4) is 12.3 Å². The van der Waals surface area contributed by atoms with Gasteiger partial charge in [0.1, 0.15) is 5.54 Å². The summed E-state index contributed by atoms with van der Waals surface area (Å²) in [7, 11) is 0. The molecule has 0 N–H and O–H groups in total. The first-order chi connectivity index (χ1) is 8.53. The van der Waals surface area contributed by atoms with Crippen molar-refractivity contribution in [2.24, 2.45) is 5.92 Å². The molecule has 0 radical (unpaired) electrons. The Labute approximate surface area is 108 Å². The molecule has 0 aromatic carbocycles. The van der Waals surface area contributed by atoms with Crippen LogP contribution in [0, 0.1) is 18.3 Å². The third kappa shape index (κ3) is 2.26. The SMILES string of the molecule is C#CCN1C(=O)C(C)C[C@@]1(CC=C)C(=O)OCC. The van der Waals surface area contributed by atoms with Crippen molar-refractivity contribution in [3.05, 3.63) is 12.7 Å². The molecule has 1 aliphatic rings. The lowest BCUT2D eigenvalue weighted by Gasteiger charge is -2.34. The number of amides is 1. The van der Waals surface area contributed by atoms with E-state index in [9.17, 15) is 9.59 Å². The zero-order valence-corrected chi connectivity index (χ0v) is 10.9. The van der Waals surface area contributed by atoms with Gasteiger partial charge in [-0.2, -0.15) is 0 Å². The van der Waals surface area contributed by atoms with E-state index >= 15 is 0 Å². The van der Waals surface area contributed by atoms with Crippen LogP contribution in [0.25, 0.3) is 0 Å². The second kappa shape index (κ2) is 5.72. The van der Waals surface area contributed by atoms with Gasteiger partial charge < -0.3 is 9.64 Å². The fourth-order valence-corrected chi connectivity index (χ4v) is 2.48. The van der Waals surface area contributed by atoms with Crippen LogP contribution in [0.15, 0.2) is 12.7 Å². The molecule has 2 atom stereocenters. The summed E-state index contributed by atoms with van der Waals surface area (Å²) in [6, 6.07) is 0. The highest BCUT2D eigenvalue weighted by molar-refractivity contribution is 5.93. The normalized spacial score (nSPS) is 26.8. The van der Waals surface area contributed by atoms with Crippen LogP contribution in [-0.4, -0.2) is 35.5 Å². The number of hydrogen-bond donors (Lipinski definition) is 0. The summed E-state index contributed by atoms with van der Waals surface area (Å²) in [4.78, 5) is 25.7. The zero-order valence-electron chi connectivity index (χ0n) is 10.9. The average molecular weight is 249 g/mol. The van der Waals surface area contributed by atoms with Crippen molar-refractivity contribution < 1.29 is 14.3 Å². The molecular formula is C14H19NO3. The molecule has 0 saturated carbocycles. The second-order valence-corrected chi connectivity index (χ2v) is 4.48. The Balaban J connectivity index is 3.15. The third-order valence-corrected chi connectivity index (χ3v) is 3.23. The number of rotatable bonds is 5. The number of terminal acetylenes is 1. The van der Waals surface area contributed by atoms with Crippen LogP contribution in [0.2, 0.25) is 0 Å². The topological polar surface area (TPSA) is 46.6 Å². The number of likely N-dealkylation sites (tertiary alicyclic amines) is 1. The monoisotopic (exact) mass is 249 g/mol. The fourth-order valence-electron chi connectivity index (χ4n) is 2.48. The van der Waals surface area contributed by atoms with E-state index in [4.69, 9.17) is 11.2 Å². The first-order valence-corrected chi connectivity index (χ1v) is 6.06. The minimum atomic E-state index is -0.972.